The Balaban J connectivity index is 2.40. The van der Waals surface area contributed by atoms with E-state index < -0.39 is 6.04 Å². The Kier molecular flexibility index (Phi) is 37.1. The van der Waals surface area contributed by atoms with Crippen molar-refractivity contribution in [3.8, 4) is 0 Å². The Hall–Kier alpha value is -1.32. The molecule has 1 heterocycles. The van der Waals surface area contributed by atoms with Gasteiger partial charge in [0.25, 0.3) is 0 Å². The number of nitrogens with one attached hydrogen (secondary N) is 2. The van der Waals surface area contributed by atoms with Gasteiger partial charge >= 0.3 is 5.97 Å². The molecule has 0 radical (unpaired) electrons. The maximum Gasteiger partial charge on any atom is 0.306 e. The third-order valence-electron chi connectivity index (χ3n) is 11.1. The largest absolute Gasteiger partial charge is 0.466 e. The second kappa shape index (κ2) is 39.5. The highest BCUT2D eigenvalue weighted by Crippen LogP contribution is 2.20. The van der Waals surface area contributed by atoms with Crippen molar-refractivity contribution in [1.82, 2.24) is 15.5 Å². The van der Waals surface area contributed by atoms with E-state index in [1.807, 2.05) is 0 Å². The molecule has 1 saturated heterocycles. The molecule has 1 aliphatic heterocycles. The molecular formula is C46H89N3O5S. The first-order valence-electron chi connectivity index (χ1n) is 23.6. The predicted molar refractivity (Wildman–Crippen MR) is 235 cm³/mol. The fraction of sp³-hybridized carbons (Fsp3) is 0.935. The summed E-state index contributed by atoms with van der Waals surface area (Å²) in [6.07, 6.45) is 33.8. The molecule has 2 unspecified atom stereocenters. The maximum absolute atomic E-state index is 13.7. The van der Waals surface area contributed by atoms with Crippen molar-refractivity contribution in [3.63, 3.8) is 0 Å². The molecule has 8 nitrogen and oxygen atoms in total. The Morgan fingerprint density at radius 3 is 1.64 bits per heavy atom. The molecule has 0 aromatic rings. The summed E-state index contributed by atoms with van der Waals surface area (Å²) in [6, 6.07) is -0.557. The van der Waals surface area contributed by atoms with Crippen molar-refractivity contribution in [3.05, 3.63) is 0 Å². The minimum absolute atomic E-state index is 0.0376. The van der Waals surface area contributed by atoms with E-state index in [0.717, 1.165) is 84.2 Å². The van der Waals surface area contributed by atoms with Gasteiger partial charge in [-0.3, -0.25) is 19.3 Å². The molecule has 2 atom stereocenters. The molecule has 0 bridgehead atoms. The molecule has 1 aliphatic rings. The SMILES string of the molecule is CCCCCCCCCCCCCCCCOC(=O)CCSCCC(NC(=O)C(CCCCCC)CCCCCCCC)C(=O)NCCCN1CCOCC1. The van der Waals surface area contributed by atoms with E-state index in [2.05, 4.69) is 36.3 Å². The maximum atomic E-state index is 13.7. The smallest absolute Gasteiger partial charge is 0.306 e. The van der Waals surface area contributed by atoms with Crippen molar-refractivity contribution in [2.75, 3.05) is 57.5 Å². The van der Waals surface area contributed by atoms with Crippen LogP contribution in [0.1, 0.15) is 207 Å². The standard InChI is InChI=1S/C46H89N3O5S/c1-4-7-10-13-15-16-17-18-19-20-21-22-24-27-37-54-44(50)32-41-55-40-31-43(46(52)47-33-28-34-49-35-38-53-39-36-49)48-45(51)42(29-25-12-9-6-3)30-26-23-14-11-8-5-2/h42-43H,4-41H2,1-3H3,(H,47,52)(H,48,51). The van der Waals surface area contributed by atoms with Gasteiger partial charge in [-0.05, 0) is 44.4 Å². The number of hydrogen-bond acceptors (Lipinski definition) is 7. The summed E-state index contributed by atoms with van der Waals surface area (Å²) in [5.74, 6) is 1.14. The van der Waals surface area contributed by atoms with Crippen molar-refractivity contribution < 1.29 is 23.9 Å². The van der Waals surface area contributed by atoms with E-state index in [-0.39, 0.29) is 23.7 Å². The van der Waals surface area contributed by atoms with Crippen molar-refractivity contribution >= 4 is 29.5 Å². The summed E-state index contributed by atoms with van der Waals surface area (Å²) >= 11 is 1.67. The molecule has 0 aromatic carbocycles. The van der Waals surface area contributed by atoms with Crippen molar-refractivity contribution in [2.45, 2.75) is 213 Å². The van der Waals surface area contributed by atoms with E-state index >= 15 is 0 Å². The number of morpholine rings is 1. The van der Waals surface area contributed by atoms with Gasteiger partial charge in [0.2, 0.25) is 11.8 Å². The fourth-order valence-electron chi connectivity index (χ4n) is 7.43. The van der Waals surface area contributed by atoms with Crippen LogP contribution in [0.4, 0.5) is 0 Å². The quantitative estimate of drug-likeness (QED) is 0.0471. The monoisotopic (exact) mass is 796 g/mol. The number of unbranched alkanes of at least 4 members (excludes halogenated alkanes) is 21. The predicted octanol–water partition coefficient (Wildman–Crippen LogP) is 11.2. The highest BCUT2D eigenvalue weighted by molar-refractivity contribution is 7.99. The first kappa shape index (κ1) is 51.7. The normalized spacial score (nSPS) is 14.5. The van der Waals surface area contributed by atoms with Gasteiger partial charge in [-0.2, -0.15) is 11.8 Å². The van der Waals surface area contributed by atoms with Crippen LogP contribution in [0.15, 0.2) is 0 Å². The van der Waals surface area contributed by atoms with Gasteiger partial charge in [-0.25, -0.2) is 0 Å². The molecule has 1 fully saturated rings. The molecule has 9 heteroatoms. The third-order valence-corrected chi connectivity index (χ3v) is 12.1. The molecule has 2 amide bonds. The number of ether oxygens (including phenoxy) is 2. The minimum atomic E-state index is -0.557. The van der Waals surface area contributed by atoms with Crippen molar-refractivity contribution in [1.29, 1.82) is 0 Å². The number of amides is 2. The number of nitrogens with zero attached hydrogens (tertiary/aromatic N) is 1. The summed E-state index contributed by atoms with van der Waals surface area (Å²) in [5, 5.41) is 6.32. The number of rotatable bonds is 40. The van der Waals surface area contributed by atoms with Gasteiger partial charge < -0.3 is 20.1 Å². The number of carbonyl (C=O) groups excluding carboxylic acids is 3. The van der Waals surface area contributed by atoms with Crippen LogP contribution in [0.25, 0.3) is 0 Å². The van der Waals surface area contributed by atoms with Crippen LogP contribution >= 0.6 is 11.8 Å². The summed E-state index contributed by atoms with van der Waals surface area (Å²) in [4.78, 5) is 41.9. The van der Waals surface area contributed by atoms with E-state index in [4.69, 9.17) is 9.47 Å². The van der Waals surface area contributed by atoms with Crippen LogP contribution in [-0.2, 0) is 23.9 Å². The highest BCUT2D eigenvalue weighted by Gasteiger charge is 2.25. The number of thioether (sulfide) groups is 1. The zero-order valence-electron chi connectivity index (χ0n) is 36.4. The summed E-state index contributed by atoms with van der Waals surface area (Å²) in [5.41, 5.74) is 0. The highest BCUT2D eigenvalue weighted by atomic mass is 32.2. The van der Waals surface area contributed by atoms with Crippen LogP contribution in [0, 0.1) is 5.92 Å². The zero-order chi connectivity index (χ0) is 39.9. The molecule has 1 rings (SSSR count). The lowest BCUT2D eigenvalue weighted by Crippen LogP contribution is -2.49. The zero-order valence-corrected chi connectivity index (χ0v) is 37.2. The molecule has 324 valence electrons. The lowest BCUT2D eigenvalue weighted by Gasteiger charge is -2.26. The van der Waals surface area contributed by atoms with E-state index in [0.29, 0.717) is 37.5 Å². The fourth-order valence-corrected chi connectivity index (χ4v) is 8.35. The Bertz CT molecular complexity index is 888. The van der Waals surface area contributed by atoms with Gasteiger partial charge in [-0.1, -0.05) is 168 Å². The van der Waals surface area contributed by atoms with E-state index in [9.17, 15) is 14.4 Å². The van der Waals surface area contributed by atoms with Gasteiger partial charge in [0.05, 0.1) is 26.2 Å². The molecule has 0 aromatic heterocycles. The van der Waals surface area contributed by atoms with Gasteiger partial charge in [0, 0.05) is 31.3 Å². The first-order chi connectivity index (χ1) is 27.0. The van der Waals surface area contributed by atoms with E-state index in [1.165, 1.54) is 122 Å². The van der Waals surface area contributed by atoms with Gasteiger partial charge in [0.15, 0.2) is 0 Å². The van der Waals surface area contributed by atoms with E-state index in [1.54, 1.807) is 11.8 Å². The van der Waals surface area contributed by atoms with Crippen LogP contribution in [-0.4, -0.2) is 86.2 Å². The molecule has 2 N–H and O–H groups in total. The molecule has 0 aliphatic carbocycles. The van der Waals surface area contributed by atoms with Crippen molar-refractivity contribution in [2.24, 2.45) is 5.92 Å². The minimum Gasteiger partial charge on any atom is -0.466 e. The van der Waals surface area contributed by atoms with Crippen LogP contribution < -0.4 is 10.6 Å². The average Bonchev–Trinajstić information content (AvgIpc) is 3.19. The molecular weight excluding hydrogens is 707 g/mol. The number of carbonyl (C=O) groups is 3. The Labute approximate surface area is 344 Å². The summed E-state index contributed by atoms with van der Waals surface area (Å²) in [6.45, 7) is 12.2. The molecule has 55 heavy (non-hydrogen) atoms. The van der Waals surface area contributed by atoms with Gasteiger partial charge in [0.1, 0.15) is 6.04 Å². The molecule has 0 saturated carbocycles. The third kappa shape index (κ3) is 32.3. The van der Waals surface area contributed by atoms with Crippen LogP contribution in [0.5, 0.6) is 0 Å². The summed E-state index contributed by atoms with van der Waals surface area (Å²) < 4.78 is 11.0. The summed E-state index contributed by atoms with van der Waals surface area (Å²) in [7, 11) is 0. The Morgan fingerprint density at radius 2 is 1.09 bits per heavy atom. The lowest BCUT2D eigenvalue weighted by atomic mass is 9.93. The number of hydrogen-bond donors (Lipinski definition) is 2. The number of esters is 1. The average molecular weight is 796 g/mol. The Morgan fingerprint density at radius 1 is 0.600 bits per heavy atom. The van der Waals surface area contributed by atoms with Crippen LogP contribution in [0.3, 0.4) is 0 Å². The molecule has 0 spiro atoms. The van der Waals surface area contributed by atoms with Gasteiger partial charge in [-0.15, -0.1) is 0 Å². The second-order valence-electron chi connectivity index (χ2n) is 16.2. The second-order valence-corrected chi connectivity index (χ2v) is 17.5. The first-order valence-corrected chi connectivity index (χ1v) is 24.8. The topological polar surface area (TPSA) is 97.0 Å². The lowest BCUT2D eigenvalue weighted by molar-refractivity contribution is -0.143. The van der Waals surface area contributed by atoms with Crippen LogP contribution in [0.2, 0.25) is 0 Å².